The fourth-order valence-electron chi connectivity index (χ4n) is 1.21. The van der Waals surface area contributed by atoms with Gasteiger partial charge in [0.1, 0.15) is 5.01 Å². The van der Waals surface area contributed by atoms with Crippen molar-refractivity contribution in [3.8, 4) is 0 Å². The molecule has 1 unspecified atom stereocenters. The summed E-state index contributed by atoms with van der Waals surface area (Å²) in [5, 5.41) is 9.66. The molecular weight excluding hydrogens is 253 g/mol. The summed E-state index contributed by atoms with van der Waals surface area (Å²) < 4.78 is 0.935. The molecule has 1 aromatic heterocycles. The van der Waals surface area contributed by atoms with Crippen LogP contribution < -0.4 is 0 Å². The number of alkyl halides is 1. The Morgan fingerprint density at radius 3 is 2.93 bits per heavy atom. The maximum absolute atomic E-state index is 9.85. The minimum absolute atomic E-state index is 0.419. The van der Waals surface area contributed by atoms with Gasteiger partial charge in [0.15, 0.2) is 5.06 Å². The van der Waals surface area contributed by atoms with Crippen molar-refractivity contribution in [2.24, 2.45) is 0 Å². The Labute approximate surface area is 101 Å². The highest BCUT2D eigenvalue weighted by Crippen LogP contribution is 2.35. The molecule has 0 bridgehead atoms. The van der Waals surface area contributed by atoms with E-state index < -0.39 is 5.06 Å². The van der Waals surface area contributed by atoms with Crippen molar-refractivity contribution in [2.75, 3.05) is 0 Å². The van der Waals surface area contributed by atoms with Gasteiger partial charge >= 0.3 is 0 Å². The third-order valence-corrected chi connectivity index (χ3v) is 4.11. The van der Waals surface area contributed by atoms with Crippen molar-refractivity contribution in [3.63, 3.8) is 0 Å². The van der Waals surface area contributed by atoms with Crippen molar-refractivity contribution in [3.05, 3.63) is 28.2 Å². The molecule has 0 aliphatic heterocycles. The first-order chi connectivity index (χ1) is 7.03. The smallest absolute Gasteiger partial charge is 0.190 e. The van der Waals surface area contributed by atoms with Crippen LogP contribution in [0.3, 0.4) is 0 Å². The highest BCUT2D eigenvalue weighted by atomic mass is 35.5. The summed E-state index contributed by atoms with van der Waals surface area (Å²) in [6, 6.07) is 5.41. The fourth-order valence-corrected chi connectivity index (χ4v) is 2.67. The van der Waals surface area contributed by atoms with Crippen LogP contribution in [0, 0.1) is 0 Å². The predicted octanol–water partition coefficient (Wildman–Crippen LogP) is 3.74. The summed E-state index contributed by atoms with van der Waals surface area (Å²) >= 11 is 13.2. The molecule has 0 fully saturated rings. The number of halogens is 2. The van der Waals surface area contributed by atoms with Gasteiger partial charge in [0.25, 0.3) is 0 Å². The lowest BCUT2D eigenvalue weighted by Crippen LogP contribution is -2.15. The van der Waals surface area contributed by atoms with Gasteiger partial charge in [-0.1, -0.05) is 30.1 Å². The van der Waals surface area contributed by atoms with Crippen LogP contribution in [0.1, 0.15) is 18.4 Å². The average molecular weight is 262 g/mol. The number of hydrogen-bond acceptors (Lipinski definition) is 3. The van der Waals surface area contributed by atoms with Crippen LogP contribution in [0.4, 0.5) is 0 Å². The Morgan fingerprint density at radius 2 is 2.27 bits per heavy atom. The number of aliphatic hydroxyl groups is 1. The molecule has 1 heterocycles. The van der Waals surface area contributed by atoms with Crippen LogP contribution in [-0.2, 0) is 5.06 Å². The molecule has 5 heteroatoms. The van der Waals surface area contributed by atoms with Crippen LogP contribution in [-0.4, -0.2) is 10.1 Å². The topological polar surface area (TPSA) is 33.1 Å². The van der Waals surface area contributed by atoms with Gasteiger partial charge in [-0.2, -0.15) is 0 Å². The lowest BCUT2D eigenvalue weighted by Gasteiger charge is -2.14. The molecule has 0 aliphatic carbocycles. The van der Waals surface area contributed by atoms with E-state index in [1.165, 1.54) is 11.3 Å². The molecule has 2 nitrogen and oxygen atoms in total. The molecule has 0 aliphatic rings. The molecule has 1 atom stereocenters. The number of hydrogen-bond donors (Lipinski definition) is 1. The summed E-state index contributed by atoms with van der Waals surface area (Å²) in [6.07, 6.45) is 0.419. The van der Waals surface area contributed by atoms with Gasteiger partial charge in [-0.25, -0.2) is 4.98 Å². The molecular formula is C10H9Cl2NOS. The fraction of sp³-hybridized carbons (Fsp3) is 0.300. The SMILES string of the molecule is CCC(O)(Cl)c1nc2ccc(Cl)cc2s1. The zero-order valence-electron chi connectivity index (χ0n) is 8.00. The van der Waals surface area contributed by atoms with Gasteiger partial charge < -0.3 is 5.11 Å². The Morgan fingerprint density at radius 1 is 1.53 bits per heavy atom. The van der Waals surface area contributed by atoms with E-state index in [0.29, 0.717) is 16.5 Å². The van der Waals surface area contributed by atoms with Crippen LogP contribution in [0.2, 0.25) is 5.02 Å². The molecule has 15 heavy (non-hydrogen) atoms. The number of nitrogens with zero attached hydrogens (tertiary/aromatic N) is 1. The lowest BCUT2D eigenvalue weighted by atomic mass is 10.3. The summed E-state index contributed by atoms with van der Waals surface area (Å²) in [6.45, 7) is 1.81. The van der Waals surface area contributed by atoms with Gasteiger partial charge in [-0.3, -0.25) is 0 Å². The third kappa shape index (κ3) is 2.11. The number of benzene rings is 1. The van der Waals surface area contributed by atoms with E-state index in [0.717, 1.165) is 10.2 Å². The van der Waals surface area contributed by atoms with E-state index in [9.17, 15) is 5.11 Å². The van der Waals surface area contributed by atoms with Crippen molar-refractivity contribution >= 4 is 44.8 Å². The first kappa shape index (κ1) is 11.1. The minimum Gasteiger partial charge on any atom is -0.369 e. The van der Waals surface area contributed by atoms with E-state index in [1.807, 2.05) is 19.1 Å². The summed E-state index contributed by atoms with van der Waals surface area (Å²) in [5.41, 5.74) is 0.812. The second-order valence-corrected chi connectivity index (χ2v) is 5.34. The first-order valence-corrected chi connectivity index (χ1v) is 6.08. The number of aromatic nitrogens is 1. The van der Waals surface area contributed by atoms with Crippen LogP contribution in [0.25, 0.3) is 10.2 Å². The molecule has 0 saturated heterocycles. The monoisotopic (exact) mass is 261 g/mol. The van der Waals surface area contributed by atoms with Gasteiger partial charge in [0.2, 0.25) is 0 Å². The molecule has 0 radical (unpaired) electrons. The minimum atomic E-state index is -1.36. The first-order valence-electron chi connectivity index (χ1n) is 4.51. The summed E-state index contributed by atoms with van der Waals surface area (Å²) in [5.74, 6) is 0. The largest absolute Gasteiger partial charge is 0.369 e. The highest BCUT2D eigenvalue weighted by Gasteiger charge is 2.27. The van der Waals surface area contributed by atoms with E-state index in [2.05, 4.69) is 4.98 Å². The Hall–Kier alpha value is -0.350. The molecule has 0 spiro atoms. The van der Waals surface area contributed by atoms with Gasteiger partial charge in [0.05, 0.1) is 10.2 Å². The summed E-state index contributed by atoms with van der Waals surface area (Å²) in [7, 11) is 0. The second kappa shape index (κ2) is 3.91. The second-order valence-electron chi connectivity index (χ2n) is 3.24. The van der Waals surface area contributed by atoms with Crippen molar-refractivity contribution < 1.29 is 5.11 Å². The van der Waals surface area contributed by atoms with E-state index in [1.54, 1.807) is 6.07 Å². The normalized spacial score (nSPS) is 15.5. The lowest BCUT2D eigenvalue weighted by molar-refractivity contribution is 0.124. The van der Waals surface area contributed by atoms with E-state index >= 15 is 0 Å². The Balaban J connectivity index is 2.56. The molecule has 80 valence electrons. The zero-order chi connectivity index (χ0) is 11.1. The van der Waals surface area contributed by atoms with Crippen molar-refractivity contribution in [1.29, 1.82) is 0 Å². The Bertz CT molecular complexity index is 495. The van der Waals surface area contributed by atoms with Crippen LogP contribution in [0.15, 0.2) is 18.2 Å². The van der Waals surface area contributed by atoms with Gasteiger partial charge in [-0.05, 0) is 24.6 Å². The summed E-state index contributed by atoms with van der Waals surface area (Å²) in [4.78, 5) is 4.27. The molecule has 2 aromatic rings. The van der Waals surface area contributed by atoms with Crippen molar-refractivity contribution in [2.45, 2.75) is 18.4 Å². The van der Waals surface area contributed by atoms with E-state index in [-0.39, 0.29) is 0 Å². The van der Waals surface area contributed by atoms with E-state index in [4.69, 9.17) is 23.2 Å². The molecule has 0 saturated carbocycles. The quantitative estimate of drug-likeness (QED) is 0.836. The van der Waals surface area contributed by atoms with Crippen LogP contribution in [0.5, 0.6) is 0 Å². The molecule has 1 aromatic carbocycles. The maximum Gasteiger partial charge on any atom is 0.190 e. The Kier molecular flexibility index (Phi) is 2.90. The number of thiazole rings is 1. The van der Waals surface area contributed by atoms with Gasteiger partial charge in [0, 0.05) is 5.02 Å². The number of fused-ring (bicyclic) bond motifs is 1. The maximum atomic E-state index is 9.85. The zero-order valence-corrected chi connectivity index (χ0v) is 10.3. The highest BCUT2D eigenvalue weighted by molar-refractivity contribution is 7.18. The standard InChI is InChI=1S/C10H9Cl2NOS/c1-2-10(12,14)9-13-7-4-3-6(11)5-8(7)15-9/h3-5,14H,2H2,1H3. The predicted molar refractivity (Wildman–Crippen MR) is 64.7 cm³/mol. The van der Waals surface area contributed by atoms with Crippen molar-refractivity contribution in [1.82, 2.24) is 4.98 Å². The van der Waals surface area contributed by atoms with Crippen LogP contribution >= 0.6 is 34.5 Å². The average Bonchev–Trinajstić information content (AvgIpc) is 2.61. The third-order valence-electron chi connectivity index (χ3n) is 2.15. The van der Waals surface area contributed by atoms with Gasteiger partial charge in [-0.15, -0.1) is 11.3 Å². The molecule has 1 N–H and O–H groups in total. The molecule has 2 rings (SSSR count). The number of rotatable bonds is 2. The molecule has 0 amide bonds.